The van der Waals surface area contributed by atoms with E-state index in [4.69, 9.17) is 4.74 Å². The van der Waals surface area contributed by atoms with Gasteiger partial charge in [0.15, 0.2) is 9.84 Å². The minimum atomic E-state index is -3.94. The Kier molecular flexibility index (Phi) is 7.60. The van der Waals surface area contributed by atoms with E-state index < -0.39 is 32.7 Å². The largest absolute Gasteiger partial charge is 0.497 e. The summed E-state index contributed by atoms with van der Waals surface area (Å²) >= 11 is 1.21. The first-order chi connectivity index (χ1) is 15.3. The number of hydrogen-bond donors (Lipinski definition) is 2. The van der Waals surface area contributed by atoms with Gasteiger partial charge >= 0.3 is 11.8 Å². The quantitative estimate of drug-likeness (QED) is 0.385. The number of carbonyl (C=O) groups excluding carboxylic acids is 2. The van der Waals surface area contributed by atoms with E-state index in [2.05, 4.69) is 10.6 Å². The Morgan fingerprint density at radius 2 is 1.66 bits per heavy atom. The van der Waals surface area contributed by atoms with Gasteiger partial charge in [-0.05, 0) is 53.4 Å². The van der Waals surface area contributed by atoms with Crippen molar-refractivity contribution in [2.45, 2.75) is 16.7 Å². The highest BCUT2D eigenvalue weighted by Crippen LogP contribution is 2.31. The van der Waals surface area contributed by atoms with Crippen molar-refractivity contribution in [3.63, 3.8) is 0 Å². The summed E-state index contributed by atoms with van der Waals surface area (Å²) in [6.45, 7) is -0.187. The normalized spacial score (nSPS) is 12.1. The molecule has 1 aromatic heterocycles. The zero-order valence-corrected chi connectivity index (χ0v) is 18.7. The molecule has 0 aliphatic heterocycles. The third-order valence-corrected chi connectivity index (χ3v) is 7.88. The van der Waals surface area contributed by atoms with E-state index in [0.29, 0.717) is 10.6 Å². The van der Waals surface area contributed by atoms with Crippen LogP contribution in [-0.2, 0) is 26.0 Å². The Hall–Kier alpha value is -3.24. The van der Waals surface area contributed by atoms with Gasteiger partial charge in [-0.1, -0.05) is 18.2 Å². The second-order valence-corrected chi connectivity index (χ2v) is 9.85. The van der Waals surface area contributed by atoms with Gasteiger partial charge in [0.05, 0.1) is 12.0 Å². The van der Waals surface area contributed by atoms with Crippen LogP contribution < -0.4 is 15.4 Å². The number of ether oxygens (including phenoxy) is 1. The summed E-state index contributed by atoms with van der Waals surface area (Å²) in [6.07, 6.45) is 0. The molecule has 0 radical (unpaired) electrons. The maximum atomic E-state index is 13.2. The number of methoxy groups -OCH3 is 1. The van der Waals surface area contributed by atoms with Crippen LogP contribution in [0.5, 0.6) is 5.75 Å². The molecular weight excluding hydrogens is 455 g/mol. The van der Waals surface area contributed by atoms with Gasteiger partial charge in [0.1, 0.15) is 16.8 Å². The third-order valence-electron chi connectivity index (χ3n) is 4.64. The molecule has 0 aliphatic carbocycles. The van der Waals surface area contributed by atoms with Crippen molar-refractivity contribution in [1.29, 1.82) is 0 Å². The van der Waals surface area contributed by atoms with Gasteiger partial charge in [0.2, 0.25) is 0 Å². The van der Waals surface area contributed by atoms with Crippen molar-refractivity contribution in [3.05, 3.63) is 82.3 Å². The fourth-order valence-electron chi connectivity index (χ4n) is 2.90. The summed E-state index contributed by atoms with van der Waals surface area (Å²) in [7, 11) is -2.40. The fraction of sp³-hybridized carbons (Fsp3) is 0.182. The van der Waals surface area contributed by atoms with Crippen LogP contribution in [-0.4, -0.2) is 33.9 Å². The van der Waals surface area contributed by atoms with Crippen LogP contribution in [0.4, 0.5) is 4.39 Å². The first-order valence-corrected chi connectivity index (χ1v) is 12.0. The van der Waals surface area contributed by atoms with E-state index in [-0.39, 0.29) is 18.0 Å². The fourth-order valence-corrected chi connectivity index (χ4v) is 5.68. The van der Waals surface area contributed by atoms with Crippen molar-refractivity contribution in [3.8, 4) is 5.75 Å². The Morgan fingerprint density at radius 1 is 1.00 bits per heavy atom. The van der Waals surface area contributed by atoms with Gasteiger partial charge in [-0.25, -0.2) is 12.8 Å². The van der Waals surface area contributed by atoms with Crippen LogP contribution in [0.2, 0.25) is 0 Å². The molecule has 3 rings (SSSR count). The first-order valence-electron chi connectivity index (χ1n) is 9.53. The van der Waals surface area contributed by atoms with Gasteiger partial charge in [-0.2, -0.15) is 0 Å². The maximum absolute atomic E-state index is 13.2. The van der Waals surface area contributed by atoms with Crippen LogP contribution in [0.1, 0.15) is 15.7 Å². The van der Waals surface area contributed by atoms with E-state index in [0.717, 1.165) is 17.7 Å². The van der Waals surface area contributed by atoms with Crippen molar-refractivity contribution in [2.24, 2.45) is 0 Å². The zero-order valence-electron chi connectivity index (χ0n) is 17.1. The number of carbonyl (C=O) groups is 2. The standard InChI is InChI=1S/C22H21FN2O5S2/c1-30-17-8-4-15(5-9-17)13-24-21(26)22(27)25-14-20(19-3-2-12-31-19)32(28,29)18-10-6-16(23)7-11-18/h2-12,20H,13-14H2,1H3,(H,24,26)(H,25,27)/t20-/m1/s1. The molecule has 168 valence electrons. The summed E-state index contributed by atoms with van der Waals surface area (Å²) in [4.78, 5) is 24.8. The highest BCUT2D eigenvalue weighted by Gasteiger charge is 2.31. The second-order valence-electron chi connectivity index (χ2n) is 6.74. The molecule has 1 heterocycles. The van der Waals surface area contributed by atoms with Gasteiger partial charge in [0.25, 0.3) is 0 Å². The van der Waals surface area contributed by atoms with Crippen LogP contribution >= 0.6 is 11.3 Å². The van der Waals surface area contributed by atoms with E-state index in [1.807, 2.05) is 0 Å². The van der Waals surface area contributed by atoms with Crippen molar-refractivity contribution in [2.75, 3.05) is 13.7 Å². The maximum Gasteiger partial charge on any atom is 0.309 e. The summed E-state index contributed by atoms with van der Waals surface area (Å²) in [5.74, 6) is -1.72. The summed E-state index contributed by atoms with van der Waals surface area (Å²) in [5.41, 5.74) is 0.766. The van der Waals surface area contributed by atoms with E-state index in [1.165, 1.54) is 23.5 Å². The molecule has 0 saturated heterocycles. The minimum Gasteiger partial charge on any atom is -0.497 e. The van der Waals surface area contributed by atoms with Crippen LogP contribution in [0.25, 0.3) is 0 Å². The molecule has 0 aliphatic rings. The predicted octanol–water partition coefficient (Wildman–Crippen LogP) is 2.84. The monoisotopic (exact) mass is 476 g/mol. The topological polar surface area (TPSA) is 102 Å². The molecule has 3 aromatic rings. The summed E-state index contributed by atoms with van der Waals surface area (Å²) in [6, 6.07) is 14.7. The summed E-state index contributed by atoms with van der Waals surface area (Å²) in [5, 5.41) is 5.48. The average Bonchev–Trinajstić information content (AvgIpc) is 3.32. The number of hydrogen-bond acceptors (Lipinski definition) is 6. The van der Waals surface area contributed by atoms with E-state index >= 15 is 0 Å². The molecule has 2 aromatic carbocycles. The van der Waals surface area contributed by atoms with Crippen molar-refractivity contribution < 1.29 is 27.1 Å². The van der Waals surface area contributed by atoms with E-state index in [9.17, 15) is 22.4 Å². The third kappa shape index (κ3) is 5.71. The lowest BCUT2D eigenvalue weighted by Gasteiger charge is -2.17. The molecule has 0 fully saturated rings. The molecule has 2 N–H and O–H groups in total. The molecule has 0 bridgehead atoms. The minimum absolute atomic E-state index is 0.0736. The van der Waals surface area contributed by atoms with Gasteiger partial charge < -0.3 is 15.4 Å². The number of halogens is 1. The lowest BCUT2D eigenvalue weighted by Crippen LogP contribution is -2.42. The molecule has 10 heteroatoms. The van der Waals surface area contributed by atoms with Crippen molar-refractivity contribution >= 4 is 33.0 Å². The average molecular weight is 477 g/mol. The Labute approximate surface area is 189 Å². The number of thiophene rings is 1. The van der Waals surface area contributed by atoms with Crippen LogP contribution in [0.15, 0.2) is 70.9 Å². The molecule has 0 spiro atoms. The SMILES string of the molecule is COc1ccc(CNC(=O)C(=O)NC[C@H](c2cccs2)S(=O)(=O)c2ccc(F)cc2)cc1. The smallest absolute Gasteiger partial charge is 0.309 e. The van der Waals surface area contributed by atoms with Gasteiger partial charge in [-0.3, -0.25) is 9.59 Å². The molecule has 7 nitrogen and oxygen atoms in total. The number of benzene rings is 2. The molecule has 32 heavy (non-hydrogen) atoms. The van der Waals surface area contributed by atoms with Gasteiger partial charge in [-0.15, -0.1) is 11.3 Å². The highest BCUT2D eigenvalue weighted by atomic mass is 32.2. The molecule has 2 amide bonds. The Morgan fingerprint density at radius 3 is 2.25 bits per heavy atom. The number of rotatable bonds is 8. The Bertz CT molecular complexity index is 1160. The Balaban J connectivity index is 1.66. The second kappa shape index (κ2) is 10.4. The molecule has 0 saturated carbocycles. The summed E-state index contributed by atoms with van der Waals surface area (Å²) < 4.78 is 44.5. The van der Waals surface area contributed by atoms with Crippen molar-refractivity contribution in [1.82, 2.24) is 10.6 Å². The van der Waals surface area contributed by atoms with Crippen LogP contribution in [0.3, 0.4) is 0 Å². The first kappa shape index (κ1) is 23.4. The number of nitrogens with one attached hydrogen (secondary N) is 2. The molecular formula is C22H21FN2O5S2. The molecule has 0 unspecified atom stereocenters. The van der Waals surface area contributed by atoms with Crippen LogP contribution in [0, 0.1) is 5.82 Å². The zero-order chi connectivity index (χ0) is 23.1. The predicted molar refractivity (Wildman–Crippen MR) is 118 cm³/mol. The number of sulfone groups is 1. The lowest BCUT2D eigenvalue weighted by molar-refractivity contribution is -0.139. The lowest BCUT2D eigenvalue weighted by atomic mass is 10.2. The number of amides is 2. The van der Waals surface area contributed by atoms with E-state index in [1.54, 1.807) is 48.9 Å². The molecule has 1 atom stereocenters. The van der Waals surface area contributed by atoms with Gasteiger partial charge in [0, 0.05) is 18.0 Å². The highest BCUT2D eigenvalue weighted by molar-refractivity contribution is 7.91.